The zero-order valence-corrected chi connectivity index (χ0v) is 10.8. The van der Waals surface area contributed by atoms with Crippen molar-refractivity contribution in [1.82, 2.24) is 0 Å². The van der Waals surface area contributed by atoms with Gasteiger partial charge in [-0.25, -0.2) is 0 Å². The maximum absolute atomic E-state index is 5.96. The fourth-order valence-corrected chi connectivity index (χ4v) is 1.99. The van der Waals surface area contributed by atoms with Gasteiger partial charge in [0.05, 0.1) is 12.3 Å². The SMILES string of the molecule is CCCC(C)COc1c(C)cc(C)cc1N. The average molecular weight is 221 g/mol. The van der Waals surface area contributed by atoms with E-state index in [4.69, 9.17) is 10.5 Å². The molecule has 0 saturated heterocycles. The van der Waals surface area contributed by atoms with Crippen LogP contribution in [-0.4, -0.2) is 6.61 Å². The third-order valence-electron chi connectivity index (χ3n) is 2.74. The average Bonchev–Trinajstić information content (AvgIpc) is 2.16. The maximum atomic E-state index is 5.96. The summed E-state index contributed by atoms with van der Waals surface area (Å²) in [6.07, 6.45) is 2.40. The van der Waals surface area contributed by atoms with E-state index in [1.54, 1.807) is 0 Å². The third kappa shape index (κ3) is 3.44. The lowest BCUT2D eigenvalue weighted by molar-refractivity contribution is 0.251. The molecule has 0 aliphatic heterocycles. The molecule has 0 amide bonds. The van der Waals surface area contributed by atoms with Crippen molar-refractivity contribution in [1.29, 1.82) is 0 Å². The molecular formula is C14H23NO. The third-order valence-corrected chi connectivity index (χ3v) is 2.74. The van der Waals surface area contributed by atoms with Gasteiger partial charge in [0.15, 0.2) is 0 Å². The minimum Gasteiger partial charge on any atom is -0.491 e. The predicted molar refractivity (Wildman–Crippen MR) is 69.9 cm³/mol. The highest BCUT2D eigenvalue weighted by molar-refractivity contribution is 5.58. The van der Waals surface area contributed by atoms with Crippen LogP contribution in [0.1, 0.15) is 37.8 Å². The molecule has 0 heterocycles. The number of rotatable bonds is 5. The standard InChI is InChI=1S/C14H23NO/c1-5-6-10(2)9-16-14-12(4)7-11(3)8-13(14)15/h7-8,10H,5-6,9,15H2,1-4H3. The summed E-state index contributed by atoms with van der Waals surface area (Å²) in [6, 6.07) is 4.07. The number of ether oxygens (including phenoxy) is 1. The Morgan fingerprint density at radius 1 is 1.31 bits per heavy atom. The molecule has 1 rings (SSSR count). The van der Waals surface area contributed by atoms with Crippen molar-refractivity contribution < 1.29 is 4.74 Å². The molecular weight excluding hydrogens is 198 g/mol. The molecule has 1 atom stereocenters. The number of aryl methyl sites for hydroxylation is 2. The van der Waals surface area contributed by atoms with Gasteiger partial charge in [0.2, 0.25) is 0 Å². The summed E-state index contributed by atoms with van der Waals surface area (Å²) in [7, 11) is 0. The highest BCUT2D eigenvalue weighted by Gasteiger charge is 2.08. The quantitative estimate of drug-likeness (QED) is 0.769. The summed E-state index contributed by atoms with van der Waals surface area (Å²) in [4.78, 5) is 0. The zero-order valence-electron chi connectivity index (χ0n) is 10.8. The van der Waals surface area contributed by atoms with Crippen molar-refractivity contribution in [2.45, 2.75) is 40.5 Å². The molecule has 90 valence electrons. The summed E-state index contributed by atoms with van der Waals surface area (Å²) in [6.45, 7) is 9.25. The van der Waals surface area contributed by atoms with Gasteiger partial charge in [-0.15, -0.1) is 0 Å². The highest BCUT2D eigenvalue weighted by atomic mass is 16.5. The van der Waals surface area contributed by atoms with E-state index in [0.717, 1.165) is 23.6 Å². The van der Waals surface area contributed by atoms with Crippen molar-refractivity contribution in [3.63, 3.8) is 0 Å². The zero-order chi connectivity index (χ0) is 12.1. The van der Waals surface area contributed by atoms with Crippen LogP contribution in [0.2, 0.25) is 0 Å². The van der Waals surface area contributed by atoms with E-state index < -0.39 is 0 Å². The number of nitrogen functional groups attached to an aromatic ring is 1. The van der Waals surface area contributed by atoms with Gasteiger partial charge < -0.3 is 10.5 Å². The maximum Gasteiger partial charge on any atom is 0.145 e. The first-order chi connectivity index (χ1) is 7.54. The molecule has 2 N–H and O–H groups in total. The smallest absolute Gasteiger partial charge is 0.145 e. The van der Waals surface area contributed by atoms with Crippen molar-refractivity contribution in [3.05, 3.63) is 23.3 Å². The van der Waals surface area contributed by atoms with Crippen LogP contribution in [0.25, 0.3) is 0 Å². The van der Waals surface area contributed by atoms with Gasteiger partial charge in [0.1, 0.15) is 5.75 Å². The molecule has 2 nitrogen and oxygen atoms in total. The molecule has 0 spiro atoms. The van der Waals surface area contributed by atoms with Crippen molar-refractivity contribution in [3.8, 4) is 5.75 Å². The van der Waals surface area contributed by atoms with Crippen molar-refractivity contribution in [2.75, 3.05) is 12.3 Å². The van der Waals surface area contributed by atoms with Gasteiger partial charge in [-0.05, 0) is 43.4 Å². The van der Waals surface area contributed by atoms with E-state index in [2.05, 4.69) is 19.9 Å². The molecule has 0 aliphatic carbocycles. The summed E-state index contributed by atoms with van der Waals surface area (Å²) in [5.74, 6) is 1.44. The lowest BCUT2D eigenvalue weighted by Gasteiger charge is -2.16. The van der Waals surface area contributed by atoms with Crippen LogP contribution in [0.5, 0.6) is 5.75 Å². The molecule has 0 aromatic heterocycles. The fraction of sp³-hybridized carbons (Fsp3) is 0.571. The van der Waals surface area contributed by atoms with Gasteiger partial charge in [0.25, 0.3) is 0 Å². The lowest BCUT2D eigenvalue weighted by Crippen LogP contribution is -2.10. The second kappa shape index (κ2) is 5.78. The molecule has 0 radical (unpaired) electrons. The number of benzene rings is 1. The molecule has 0 saturated carbocycles. The Bertz CT molecular complexity index is 324. The number of nitrogens with two attached hydrogens (primary N) is 1. The molecule has 1 aromatic rings. The van der Waals surface area contributed by atoms with Crippen LogP contribution in [0.4, 0.5) is 5.69 Å². The molecule has 1 aromatic carbocycles. The predicted octanol–water partition coefficient (Wildman–Crippen LogP) is 3.70. The summed E-state index contributed by atoms with van der Waals surface area (Å²) < 4.78 is 5.81. The van der Waals surface area contributed by atoms with Gasteiger partial charge in [-0.2, -0.15) is 0 Å². The Morgan fingerprint density at radius 2 is 2.00 bits per heavy atom. The highest BCUT2D eigenvalue weighted by Crippen LogP contribution is 2.28. The Morgan fingerprint density at radius 3 is 2.56 bits per heavy atom. The summed E-state index contributed by atoms with van der Waals surface area (Å²) in [5, 5.41) is 0. The van der Waals surface area contributed by atoms with Crippen LogP contribution < -0.4 is 10.5 Å². The van der Waals surface area contributed by atoms with E-state index in [9.17, 15) is 0 Å². The first-order valence-corrected chi connectivity index (χ1v) is 6.04. The summed E-state index contributed by atoms with van der Waals surface area (Å²) >= 11 is 0. The minimum absolute atomic E-state index is 0.588. The van der Waals surface area contributed by atoms with Gasteiger partial charge in [-0.3, -0.25) is 0 Å². The fourth-order valence-electron chi connectivity index (χ4n) is 1.99. The van der Waals surface area contributed by atoms with Gasteiger partial charge in [-0.1, -0.05) is 26.3 Å². The topological polar surface area (TPSA) is 35.2 Å². The Balaban J connectivity index is 2.67. The van der Waals surface area contributed by atoms with Crippen LogP contribution in [-0.2, 0) is 0 Å². The number of hydrogen-bond acceptors (Lipinski definition) is 2. The monoisotopic (exact) mass is 221 g/mol. The van der Waals surface area contributed by atoms with Crippen LogP contribution in [0, 0.1) is 19.8 Å². The molecule has 1 unspecified atom stereocenters. The number of anilines is 1. The lowest BCUT2D eigenvalue weighted by atomic mass is 10.1. The van der Waals surface area contributed by atoms with Crippen LogP contribution in [0.15, 0.2) is 12.1 Å². The molecule has 2 heteroatoms. The first-order valence-electron chi connectivity index (χ1n) is 6.04. The Hall–Kier alpha value is -1.18. The molecule has 0 bridgehead atoms. The van der Waals surface area contributed by atoms with E-state index in [1.165, 1.54) is 18.4 Å². The molecule has 0 aliphatic rings. The van der Waals surface area contributed by atoms with Crippen LogP contribution >= 0.6 is 0 Å². The van der Waals surface area contributed by atoms with Gasteiger partial charge >= 0.3 is 0 Å². The second-order valence-electron chi connectivity index (χ2n) is 4.71. The van der Waals surface area contributed by atoms with Crippen LogP contribution in [0.3, 0.4) is 0 Å². The van der Waals surface area contributed by atoms with E-state index in [1.807, 2.05) is 19.9 Å². The largest absolute Gasteiger partial charge is 0.491 e. The second-order valence-corrected chi connectivity index (χ2v) is 4.71. The van der Waals surface area contributed by atoms with E-state index in [0.29, 0.717) is 5.92 Å². The first kappa shape index (κ1) is 12.9. The Kier molecular flexibility index (Phi) is 4.66. The van der Waals surface area contributed by atoms with Gasteiger partial charge in [0, 0.05) is 0 Å². The van der Waals surface area contributed by atoms with E-state index >= 15 is 0 Å². The molecule has 0 fully saturated rings. The summed E-state index contributed by atoms with van der Waals surface area (Å²) in [5.41, 5.74) is 9.02. The van der Waals surface area contributed by atoms with Crippen molar-refractivity contribution >= 4 is 5.69 Å². The molecule has 16 heavy (non-hydrogen) atoms. The minimum atomic E-state index is 0.588. The number of hydrogen-bond donors (Lipinski definition) is 1. The normalized spacial score (nSPS) is 12.5. The van der Waals surface area contributed by atoms with E-state index in [-0.39, 0.29) is 0 Å². The Labute approximate surface area is 98.8 Å². The van der Waals surface area contributed by atoms with Crippen molar-refractivity contribution in [2.24, 2.45) is 5.92 Å².